The smallest absolute Gasteiger partial charge is 0.283 e. The summed E-state index contributed by atoms with van der Waals surface area (Å²) < 4.78 is 3.82. The first-order valence-corrected chi connectivity index (χ1v) is 6.78. The highest BCUT2D eigenvalue weighted by atomic mass is 16.1. The molecule has 1 N–H and O–H groups in total. The highest BCUT2D eigenvalue weighted by Crippen LogP contribution is 2.15. The number of rotatable bonds is 4. The standard InChI is InChI=1S/C14H18N4O/c1-3-4-5-8-17-11-6-7-15-12(11)13(19)18-10(2)9-16-14(17)18/h6-7,9,15H,3-5,8H2,1-2H3. The number of aryl methyl sites for hydroxylation is 2. The molecule has 0 amide bonds. The van der Waals surface area contributed by atoms with Crippen LogP contribution in [-0.4, -0.2) is 18.9 Å². The quantitative estimate of drug-likeness (QED) is 0.731. The number of fused-ring (bicyclic) bond motifs is 2. The molecule has 0 atom stereocenters. The minimum Gasteiger partial charge on any atom is -0.355 e. The van der Waals surface area contributed by atoms with E-state index in [2.05, 4.69) is 21.5 Å². The van der Waals surface area contributed by atoms with E-state index in [1.165, 1.54) is 12.8 Å². The van der Waals surface area contributed by atoms with Gasteiger partial charge in [0, 0.05) is 18.4 Å². The first-order valence-electron chi connectivity index (χ1n) is 6.78. The van der Waals surface area contributed by atoms with Crippen LogP contribution in [0.5, 0.6) is 0 Å². The van der Waals surface area contributed by atoms with Gasteiger partial charge in [-0.05, 0) is 19.4 Å². The molecule has 3 aromatic rings. The Balaban J connectivity index is 2.28. The molecule has 0 bridgehead atoms. The second-order valence-corrected chi connectivity index (χ2v) is 4.94. The van der Waals surface area contributed by atoms with Crippen molar-refractivity contribution in [2.24, 2.45) is 0 Å². The average Bonchev–Trinajstić information content (AvgIpc) is 3.01. The van der Waals surface area contributed by atoms with E-state index >= 15 is 0 Å². The number of H-pyrrole nitrogens is 1. The van der Waals surface area contributed by atoms with Gasteiger partial charge in [0.2, 0.25) is 5.78 Å². The number of hydrogen-bond donors (Lipinski definition) is 1. The summed E-state index contributed by atoms with van der Waals surface area (Å²) in [5.74, 6) is 0.741. The molecule has 0 aliphatic rings. The van der Waals surface area contributed by atoms with E-state index in [0.29, 0.717) is 5.52 Å². The van der Waals surface area contributed by atoms with Gasteiger partial charge in [0.05, 0.1) is 11.7 Å². The van der Waals surface area contributed by atoms with Gasteiger partial charge in [-0.3, -0.25) is 4.79 Å². The number of nitrogens with zero attached hydrogens (tertiary/aromatic N) is 3. The van der Waals surface area contributed by atoms with Gasteiger partial charge in [0.1, 0.15) is 5.52 Å². The lowest BCUT2D eigenvalue weighted by Gasteiger charge is -2.10. The molecule has 0 radical (unpaired) electrons. The molecule has 0 fully saturated rings. The van der Waals surface area contributed by atoms with Gasteiger partial charge in [-0.2, -0.15) is 0 Å². The third-order valence-corrected chi connectivity index (χ3v) is 3.58. The third-order valence-electron chi connectivity index (χ3n) is 3.58. The molecule has 5 nitrogen and oxygen atoms in total. The van der Waals surface area contributed by atoms with Gasteiger partial charge >= 0.3 is 0 Å². The molecule has 3 heterocycles. The van der Waals surface area contributed by atoms with E-state index in [0.717, 1.165) is 30.0 Å². The first-order chi connectivity index (χ1) is 9.24. The minimum absolute atomic E-state index is 0.0169. The largest absolute Gasteiger partial charge is 0.355 e. The van der Waals surface area contributed by atoms with Gasteiger partial charge in [-0.25, -0.2) is 9.38 Å². The zero-order valence-electron chi connectivity index (χ0n) is 11.3. The van der Waals surface area contributed by atoms with Gasteiger partial charge in [-0.1, -0.05) is 19.8 Å². The van der Waals surface area contributed by atoms with Crippen molar-refractivity contribution < 1.29 is 0 Å². The highest BCUT2D eigenvalue weighted by molar-refractivity contribution is 5.76. The van der Waals surface area contributed by atoms with E-state index in [1.54, 1.807) is 10.6 Å². The van der Waals surface area contributed by atoms with Gasteiger partial charge < -0.3 is 9.55 Å². The Kier molecular flexibility index (Phi) is 2.89. The predicted octanol–water partition coefficient (Wildman–Crippen LogP) is 2.48. The molecule has 3 aromatic heterocycles. The summed E-state index contributed by atoms with van der Waals surface area (Å²) >= 11 is 0. The van der Waals surface area contributed by atoms with Crippen LogP contribution in [0.3, 0.4) is 0 Å². The van der Waals surface area contributed by atoms with Crippen LogP contribution >= 0.6 is 0 Å². The molecule has 0 saturated carbocycles. The van der Waals surface area contributed by atoms with Crippen LogP contribution in [0, 0.1) is 6.92 Å². The van der Waals surface area contributed by atoms with E-state index in [9.17, 15) is 4.79 Å². The summed E-state index contributed by atoms with van der Waals surface area (Å²) in [5, 5.41) is 0. The second-order valence-electron chi connectivity index (χ2n) is 4.94. The minimum atomic E-state index is -0.0169. The Hall–Kier alpha value is -2.04. The van der Waals surface area contributed by atoms with Crippen molar-refractivity contribution in [1.29, 1.82) is 0 Å². The first kappa shape index (κ1) is 12.0. The molecule has 0 aliphatic heterocycles. The van der Waals surface area contributed by atoms with Crippen LogP contribution in [0.15, 0.2) is 23.3 Å². The molecule has 5 heteroatoms. The van der Waals surface area contributed by atoms with Gasteiger partial charge in [0.15, 0.2) is 0 Å². The molecular weight excluding hydrogens is 240 g/mol. The van der Waals surface area contributed by atoms with Crippen molar-refractivity contribution in [1.82, 2.24) is 18.9 Å². The van der Waals surface area contributed by atoms with Crippen LogP contribution in [0.4, 0.5) is 0 Å². The zero-order valence-corrected chi connectivity index (χ0v) is 11.3. The van der Waals surface area contributed by atoms with Crippen molar-refractivity contribution in [2.45, 2.75) is 39.7 Å². The predicted molar refractivity (Wildman–Crippen MR) is 75.6 cm³/mol. The Bertz CT molecular complexity index is 778. The molecular formula is C14H18N4O. The van der Waals surface area contributed by atoms with Crippen LogP contribution in [-0.2, 0) is 6.54 Å². The summed E-state index contributed by atoms with van der Waals surface area (Å²) in [6, 6.07) is 1.95. The molecule has 19 heavy (non-hydrogen) atoms. The lowest BCUT2D eigenvalue weighted by Crippen LogP contribution is -2.19. The van der Waals surface area contributed by atoms with Crippen molar-refractivity contribution in [3.8, 4) is 0 Å². The van der Waals surface area contributed by atoms with Crippen molar-refractivity contribution in [2.75, 3.05) is 0 Å². The summed E-state index contributed by atoms with van der Waals surface area (Å²) in [6.07, 6.45) is 7.04. The molecule has 0 saturated heterocycles. The van der Waals surface area contributed by atoms with Gasteiger partial charge in [0.25, 0.3) is 5.56 Å². The lowest BCUT2D eigenvalue weighted by atomic mass is 10.2. The van der Waals surface area contributed by atoms with Crippen LogP contribution in [0.25, 0.3) is 16.8 Å². The van der Waals surface area contributed by atoms with Gasteiger partial charge in [-0.15, -0.1) is 0 Å². The summed E-state index contributed by atoms with van der Waals surface area (Å²) in [5.41, 5.74) is 2.46. The maximum absolute atomic E-state index is 12.4. The van der Waals surface area contributed by atoms with Crippen molar-refractivity contribution >= 4 is 16.8 Å². The summed E-state index contributed by atoms with van der Waals surface area (Å²) in [7, 11) is 0. The molecule has 0 aromatic carbocycles. The van der Waals surface area contributed by atoms with E-state index in [-0.39, 0.29) is 5.56 Å². The summed E-state index contributed by atoms with van der Waals surface area (Å²) in [6.45, 7) is 4.99. The Morgan fingerprint density at radius 1 is 1.37 bits per heavy atom. The maximum atomic E-state index is 12.4. The maximum Gasteiger partial charge on any atom is 0.283 e. The highest BCUT2D eigenvalue weighted by Gasteiger charge is 2.13. The Morgan fingerprint density at radius 2 is 2.21 bits per heavy atom. The molecule has 100 valence electrons. The van der Waals surface area contributed by atoms with Crippen LogP contribution < -0.4 is 5.56 Å². The SMILES string of the molecule is CCCCCn1c2cc[nH]c2c(=O)n2c(C)cnc12. The zero-order chi connectivity index (χ0) is 13.4. The average molecular weight is 258 g/mol. The Morgan fingerprint density at radius 3 is 3.00 bits per heavy atom. The number of aromatic nitrogens is 4. The molecule has 3 rings (SSSR count). The van der Waals surface area contributed by atoms with E-state index in [4.69, 9.17) is 0 Å². The topological polar surface area (TPSA) is 55.1 Å². The number of unbranched alkanes of at least 4 members (excludes halogenated alkanes) is 2. The fourth-order valence-electron chi connectivity index (χ4n) is 2.58. The fraction of sp³-hybridized carbons (Fsp3) is 0.429. The number of nitrogens with one attached hydrogen (secondary N) is 1. The van der Waals surface area contributed by atoms with Crippen LogP contribution in [0.2, 0.25) is 0 Å². The van der Waals surface area contributed by atoms with Crippen molar-refractivity contribution in [3.63, 3.8) is 0 Å². The van der Waals surface area contributed by atoms with E-state index < -0.39 is 0 Å². The number of hydrogen-bond acceptors (Lipinski definition) is 2. The van der Waals surface area contributed by atoms with Crippen molar-refractivity contribution in [3.05, 3.63) is 34.5 Å². The lowest BCUT2D eigenvalue weighted by molar-refractivity contribution is 0.615. The monoisotopic (exact) mass is 258 g/mol. The second kappa shape index (κ2) is 4.57. The Labute approximate surface area is 110 Å². The molecule has 0 aliphatic carbocycles. The van der Waals surface area contributed by atoms with Crippen LogP contribution in [0.1, 0.15) is 31.9 Å². The molecule has 0 spiro atoms. The number of imidazole rings is 1. The summed E-state index contributed by atoms with van der Waals surface area (Å²) in [4.78, 5) is 19.8. The molecule has 0 unspecified atom stereocenters. The normalized spacial score (nSPS) is 11.7. The number of aromatic amines is 1. The van der Waals surface area contributed by atoms with E-state index in [1.807, 2.05) is 19.2 Å². The fourth-order valence-corrected chi connectivity index (χ4v) is 2.58. The third kappa shape index (κ3) is 1.77.